The number of hydrogen-bond donors (Lipinski definition) is 2. The number of halogens is 2. The van der Waals surface area contributed by atoms with Gasteiger partial charge in [-0.05, 0) is 62.7 Å². The second kappa shape index (κ2) is 7.34. The van der Waals surface area contributed by atoms with Gasteiger partial charge in [-0.3, -0.25) is 0 Å². The summed E-state index contributed by atoms with van der Waals surface area (Å²) in [5, 5.41) is 4.95. The number of rotatable bonds is 6. The van der Waals surface area contributed by atoms with Crippen molar-refractivity contribution >= 4 is 53.2 Å². The van der Waals surface area contributed by atoms with Crippen molar-refractivity contribution in [3.63, 3.8) is 0 Å². The Bertz CT molecular complexity index is 730. The van der Waals surface area contributed by atoms with Crippen molar-refractivity contribution in [2.24, 2.45) is 0 Å². The summed E-state index contributed by atoms with van der Waals surface area (Å²) in [6, 6.07) is 7.13. The van der Waals surface area contributed by atoms with Crippen LogP contribution in [0.25, 0.3) is 0 Å². The first-order valence-electron chi connectivity index (χ1n) is 6.08. The lowest BCUT2D eigenvalue weighted by molar-refractivity contribution is 0.581. The first-order valence-corrected chi connectivity index (χ1v) is 10.0. The van der Waals surface area contributed by atoms with Crippen LogP contribution >= 0.6 is 43.2 Å². The van der Waals surface area contributed by atoms with Gasteiger partial charge in [0, 0.05) is 32.3 Å². The van der Waals surface area contributed by atoms with Crippen LogP contribution < -0.4 is 10.0 Å². The van der Waals surface area contributed by atoms with Gasteiger partial charge in [0.15, 0.2) is 0 Å². The highest BCUT2D eigenvalue weighted by Crippen LogP contribution is 2.24. The highest BCUT2D eigenvalue weighted by molar-refractivity contribution is 9.10. The molecule has 0 aliphatic heterocycles. The van der Waals surface area contributed by atoms with E-state index in [9.17, 15) is 8.42 Å². The fraction of sp³-hybridized carbons (Fsp3) is 0.231. The Hall–Kier alpha value is -0.250. The lowest BCUT2D eigenvalue weighted by Gasteiger charge is -2.09. The molecule has 0 fully saturated rings. The van der Waals surface area contributed by atoms with E-state index in [2.05, 4.69) is 41.9 Å². The molecule has 1 aromatic carbocycles. The smallest absolute Gasteiger partial charge is 0.242 e. The lowest BCUT2D eigenvalue weighted by atomic mass is 10.2. The van der Waals surface area contributed by atoms with Crippen LogP contribution in [0.3, 0.4) is 0 Å². The van der Waals surface area contributed by atoms with Crippen molar-refractivity contribution < 1.29 is 8.42 Å². The summed E-state index contributed by atoms with van der Waals surface area (Å²) < 4.78 is 28.8. The van der Waals surface area contributed by atoms with Gasteiger partial charge < -0.3 is 5.32 Å². The minimum Gasteiger partial charge on any atom is -0.316 e. The molecule has 0 saturated carbocycles. The molecule has 4 nitrogen and oxygen atoms in total. The van der Waals surface area contributed by atoms with E-state index in [0.717, 1.165) is 14.9 Å². The predicted octanol–water partition coefficient (Wildman–Crippen LogP) is 3.47. The Balaban J connectivity index is 2.15. The first kappa shape index (κ1) is 17.1. The summed E-state index contributed by atoms with van der Waals surface area (Å²) >= 11 is 8.19. The van der Waals surface area contributed by atoms with Crippen molar-refractivity contribution in [2.75, 3.05) is 7.05 Å². The van der Waals surface area contributed by atoms with Gasteiger partial charge in [-0.1, -0.05) is 6.07 Å². The summed E-state index contributed by atoms with van der Waals surface area (Å²) in [7, 11) is -1.69. The van der Waals surface area contributed by atoms with E-state index < -0.39 is 10.0 Å². The van der Waals surface area contributed by atoms with Gasteiger partial charge in [-0.25, -0.2) is 13.1 Å². The highest BCUT2D eigenvalue weighted by atomic mass is 79.9. The summed E-state index contributed by atoms with van der Waals surface area (Å²) in [6.07, 6.45) is 0. The van der Waals surface area contributed by atoms with Gasteiger partial charge in [0.1, 0.15) is 0 Å². The van der Waals surface area contributed by atoms with Gasteiger partial charge in [-0.15, -0.1) is 11.3 Å². The molecule has 0 spiro atoms. The third-order valence-corrected chi connectivity index (χ3v) is 6.80. The number of nitrogens with one attached hydrogen (secondary N) is 2. The summed E-state index contributed by atoms with van der Waals surface area (Å²) in [6.45, 7) is 0.971. The third-order valence-electron chi connectivity index (χ3n) is 2.72. The van der Waals surface area contributed by atoms with Crippen molar-refractivity contribution in [1.82, 2.24) is 10.0 Å². The Kier molecular flexibility index (Phi) is 5.98. The van der Waals surface area contributed by atoms with E-state index in [4.69, 9.17) is 0 Å². The van der Waals surface area contributed by atoms with E-state index >= 15 is 0 Å². The van der Waals surface area contributed by atoms with Crippen LogP contribution in [0, 0.1) is 0 Å². The van der Waals surface area contributed by atoms with Gasteiger partial charge in [-0.2, -0.15) is 0 Å². The van der Waals surface area contributed by atoms with Crippen molar-refractivity contribution in [2.45, 2.75) is 18.0 Å². The number of hydrogen-bond acceptors (Lipinski definition) is 4. The summed E-state index contributed by atoms with van der Waals surface area (Å²) in [5.41, 5.74) is 1.02. The molecule has 0 saturated heterocycles. The van der Waals surface area contributed by atoms with Gasteiger partial charge in [0.05, 0.1) is 4.90 Å². The topological polar surface area (TPSA) is 58.2 Å². The molecule has 114 valence electrons. The van der Waals surface area contributed by atoms with Crippen LogP contribution in [0.5, 0.6) is 0 Å². The van der Waals surface area contributed by atoms with Crippen LogP contribution in [0.15, 0.2) is 43.5 Å². The third kappa shape index (κ3) is 4.61. The Morgan fingerprint density at radius 2 is 1.95 bits per heavy atom. The fourth-order valence-corrected chi connectivity index (χ4v) is 5.38. The van der Waals surface area contributed by atoms with Crippen molar-refractivity contribution in [3.8, 4) is 0 Å². The van der Waals surface area contributed by atoms with Crippen LogP contribution in [0.2, 0.25) is 0 Å². The van der Waals surface area contributed by atoms with E-state index in [1.807, 2.05) is 24.6 Å². The molecule has 1 aromatic heterocycles. The maximum Gasteiger partial charge on any atom is 0.242 e. The SMILES string of the molecule is CNCc1ccc(S(=O)(=O)NCc2cc(Br)cs2)c(Br)c1. The monoisotopic (exact) mass is 452 g/mol. The molecule has 2 aromatic rings. The second-order valence-electron chi connectivity index (χ2n) is 4.35. The zero-order valence-electron chi connectivity index (χ0n) is 11.2. The fourth-order valence-electron chi connectivity index (χ4n) is 1.77. The van der Waals surface area contributed by atoms with E-state index in [1.54, 1.807) is 12.1 Å². The standard InChI is InChI=1S/C13H14Br2N2O2S2/c1-16-6-9-2-3-13(12(15)4-9)21(18,19)17-7-11-5-10(14)8-20-11/h2-5,8,16-17H,6-7H2,1H3. The molecule has 8 heteroatoms. The number of sulfonamides is 1. The molecule has 0 radical (unpaired) electrons. The van der Waals surface area contributed by atoms with Crippen molar-refractivity contribution in [1.29, 1.82) is 0 Å². The molecule has 0 unspecified atom stereocenters. The molecule has 2 rings (SSSR count). The van der Waals surface area contributed by atoms with Crippen LogP contribution in [0.4, 0.5) is 0 Å². The van der Waals surface area contributed by atoms with Crippen LogP contribution in [-0.4, -0.2) is 15.5 Å². The largest absolute Gasteiger partial charge is 0.316 e. The van der Waals surface area contributed by atoms with Gasteiger partial charge in [0.25, 0.3) is 0 Å². The average Bonchev–Trinajstić information content (AvgIpc) is 2.83. The van der Waals surface area contributed by atoms with Gasteiger partial charge in [0.2, 0.25) is 10.0 Å². The lowest BCUT2D eigenvalue weighted by Crippen LogP contribution is -2.23. The second-order valence-corrected chi connectivity index (χ2v) is 8.85. The molecule has 0 bridgehead atoms. The first-order chi connectivity index (χ1) is 9.92. The maximum atomic E-state index is 12.3. The maximum absolute atomic E-state index is 12.3. The Morgan fingerprint density at radius 1 is 1.19 bits per heavy atom. The highest BCUT2D eigenvalue weighted by Gasteiger charge is 2.17. The Morgan fingerprint density at radius 3 is 2.52 bits per heavy atom. The zero-order valence-corrected chi connectivity index (χ0v) is 16.0. The predicted molar refractivity (Wildman–Crippen MR) is 93.0 cm³/mol. The quantitative estimate of drug-likeness (QED) is 0.703. The molecule has 1 heterocycles. The van der Waals surface area contributed by atoms with E-state index in [-0.39, 0.29) is 11.4 Å². The molecule has 2 N–H and O–H groups in total. The number of thiophene rings is 1. The molecular weight excluding hydrogens is 440 g/mol. The van der Waals surface area contributed by atoms with E-state index in [1.165, 1.54) is 11.3 Å². The molecule has 0 aliphatic rings. The van der Waals surface area contributed by atoms with Crippen molar-refractivity contribution in [3.05, 3.63) is 49.0 Å². The summed E-state index contributed by atoms with van der Waals surface area (Å²) in [4.78, 5) is 1.20. The van der Waals surface area contributed by atoms with Crippen LogP contribution in [0.1, 0.15) is 10.4 Å². The van der Waals surface area contributed by atoms with E-state index in [0.29, 0.717) is 11.0 Å². The molecule has 0 atom stereocenters. The average molecular weight is 454 g/mol. The zero-order chi connectivity index (χ0) is 15.5. The Labute approximate surface area is 145 Å². The minimum absolute atomic E-state index is 0.248. The number of benzene rings is 1. The molecule has 21 heavy (non-hydrogen) atoms. The molecule has 0 amide bonds. The minimum atomic E-state index is -3.54. The van der Waals surface area contributed by atoms with Crippen LogP contribution in [-0.2, 0) is 23.1 Å². The molecule has 0 aliphatic carbocycles. The molecular formula is C13H14Br2N2O2S2. The normalized spacial score (nSPS) is 11.8. The van der Waals surface area contributed by atoms with Gasteiger partial charge >= 0.3 is 0 Å². The summed E-state index contributed by atoms with van der Waals surface area (Å²) in [5.74, 6) is 0.